The van der Waals surface area contributed by atoms with E-state index in [4.69, 9.17) is 0 Å². The third kappa shape index (κ3) is 3.73. The minimum Gasteiger partial charge on any atom is -0.370 e. The Labute approximate surface area is 164 Å². The molecule has 2 N–H and O–H groups in total. The first-order valence-corrected chi connectivity index (χ1v) is 10.8. The molecule has 2 heterocycles. The molecule has 1 amide bonds. The van der Waals surface area contributed by atoms with Gasteiger partial charge in [-0.15, -0.1) is 0 Å². The van der Waals surface area contributed by atoms with Gasteiger partial charge in [0.15, 0.2) is 0 Å². The van der Waals surface area contributed by atoms with Crippen LogP contribution in [0.3, 0.4) is 0 Å². The number of aliphatic imine (C=N–C) groups is 1. The number of sulfonamides is 1. The van der Waals surface area contributed by atoms with Gasteiger partial charge in [-0.25, -0.2) is 8.42 Å². The Hall–Kier alpha value is -2.87. The van der Waals surface area contributed by atoms with Gasteiger partial charge in [-0.05, 0) is 37.1 Å². The van der Waals surface area contributed by atoms with Gasteiger partial charge < -0.3 is 10.2 Å². The van der Waals surface area contributed by atoms with Crippen molar-refractivity contribution in [2.75, 3.05) is 29.9 Å². The lowest BCUT2D eigenvalue weighted by molar-refractivity contribution is -0.116. The van der Waals surface area contributed by atoms with Gasteiger partial charge in [0, 0.05) is 25.1 Å². The van der Waals surface area contributed by atoms with Crippen LogP contribution >= 0.6 is 0 Å². The number of benzene rings is 2. The predicted molar refractivity (Wildman–Crippen MR) is 109 cm³/mol. The van der Waals surface area contributed by atoms with Crippen molar-refractivity contribution in [3.05, 3.63) is 54.1 Å². The Balaban J connectivity index is 1.41. The number of anilines is 2. The number of para-hydroxylation sites is 2. The normalized spacial score (nSPS) is 18.7. The summed E-state index contributed by atoms with van der Waals surface area (Å²) in [7, 11) is -3.56. The molecule has 7 nitrogen and oxygen atoms in total. The highest BCUT2D eigenvalue weighted by Gasteiger charge is 2.30. The Bertz CT molecular complexity index is 1030. The van der Waals surface area contributed by atoms with Crippen LogP contribution in [0.15, 0.2) is 58.4 Å². The summed E-state index contributed by atoms with van der Waals surface area (Å²) in [5.74, 6) is 0.144. The molecule has 2 aliphatic rings. The van der Waals surface area contributed by atoms with E-state index in [0.717, 1.165) is 37.3 Å². The lowest BCUT2D eigenvalue weighted by Gasteiger charge is -2.21. The molecular formula is C20H22N4O3S. The summed E-state index contributed by atoms with van der Waals surface area (Å²) in [5.41, 5.74) is 2.38. The van der Waals surface area contributed by atoms with E-state index in [-0.39, 0.29) is 23.8 Å². The minimum atomic E-state index is -3.56. The van der Waals surface area contributed by atoms with Crippen molar-refractivity contribution in [3.63, 3.8) is 0 Å². The van der Waals surface area contributed by atoms with Gasteiger partial charge in [0.05, 0.1) is 22.8 Å². The van der Waals surface area contributed by atoms with Crippen LogP contribution in [0.4, 0.5) is 11.4 Å². The number of nitrogens with one attached hydrogen (secondary N) is 2. The van der Waals surface area contributed by atoms with Crippen molar-refractivity contribution in [3.8, 4) is 0 Å². The molecule has 2 aromatic carbocycles. The van der Waals surface area contributed by atoms with Gasteiger partial charge >= 0.3 is 0 Å². The summed E-state index contributed by atoms with van der Waals surface area (Å²) < 4.78 is 26.6. The number of fused-ring (bicyclic) bond motifs is 1. The number of carbonyl (C=O) groups excluding carboxylic acids is 1. The summed E-state index contributed by atoms with van der Waals surface area (Å²) in [6.45, 7) is 2.20. The maximum Gasteiger partial charge on any atom is 0.263 e. The van der Waals surface area contributed by atoms with E-state index >= 15 is 0 Å². The van der Waals surface area contributed by atoms with E-state index in [2.05, 4.69) is 19.9 Å². The molecule has 0 saturated carbocycles. The molecule has 0 bridgehead atoms. The predicted octanol–water partition coefficient (Wildman–Crippen LogP) is 2.35. The highest BCUT2D eigenvalue weighted by Crippen LogP contribution is 2.28. The first-order chi connectivity index (χ1) is 13.5. The van der Waals surface area contributed by atoms with E-state index in [9.17, 15) is 13.2 Å². The smallest absolute Gasteiger partial charge is 0.263 e. The fraction of sp³-hybridized carbons (Fsp3) is 0.300. The number of amidine groups is 1. The molecular weight excluding hydrogens is 376 g/mol. The summed E-state index contributed by atoms with van der Waals surface area (Å²) in [6.07, 6.45) is 2.50. The minimum absolute atomic E-state index is 0.148. The summed E-state index contributed by atoms with van der Waals surface area (Å²) in [4.78, 5) is 19.2. The average molecular weight is 398 g/mol. The molecule has 0 aromatic heterocycles. The van der Waals surface area contributed by atoms with Crippen LogP contribution in [0, 0.1) is 0 Å². The summed E-state index contributed by atoms with van der Waals surface area (Å²) >= 11 is 0. The highest BCUT2D eigenvalue weighted by atomic mass is 32.2. The Morgan fingerprint density at radius 2 is 1.79 bits per heavy atom. The van der Waals surface area contributed by atoms with Crippen molar-refractivity contribution >= 4 is 33.1 Å². The van der Waals surface area contributed by atoms with Crippen LogP contribution < -0.4 is 14.9 Å². The van der Waals surface area contributed by atoms with E-state index in [1.165, 1.54) is 0 Å². The fourth-order valence-corrected chi connectivity index (χ4v) is 4.80. The highest BCUT2D eigenvalue weighted by molar-refractivity contribution is 7.90. The second kappa shape index (κ2) is 7.63. The average Bonchev–Trinajstić information content (AvgIpc) is 3.30. The zero-order valence-corrected chi connectivity index (χ0v) is 16.2. The maximum atomic E-state index is 12.4. The first-order valence-electron chi connectivity index (χ1n) is 9.35. The van der Waals surface area contributed by atoms with Crippen LogP contribution in [-0.2, 0) is 14.8 Å². The molecule has 28 heavy (non-hydrogen) atoms. The van der Waals surface area contributed by atoms with Crippen LogP contribution in [0.1, 0.15) is 24.8 Å². The SMILES string of the molecule is O=C(CCN=C1NS(=O)(=O)c2ccccc21)Nc1ccccc1N1CCCC1. The largest absolute Gasteiger partial charge is 0.370 e. The first kappa shape index (κ1) is 18.5. The molecule has 0 aliphatic carbocycles. The van der Waals surface area contributed by atoms with Crippen LogP contribution in [0.5, 0.6) is 0 Å². The number of rotatable bonds is 5. The van der Waals surface area contributed by atoms with Crippen molar-refractivity contribution in [1.82, 2.24) is 4.72 Å². The molecule has 0 unspecified atom stereocenters. The molecule has 1 saturated heterocycles. The molecule has 4 rings (SSSR count). The van der Waals surface area contributed by atoms with Crippen molar-refractivity contribution in [2.24, 2.45) is 4.99 Å². The van der Waals surface area contributed by atoms with E-state index in [1.807, 2.05) is 24.3 Å². The Morgan fingerprint density at radius 3 is 2.61 bits per heavy atom. The van der Waals surface area contributed by atoms with Crippen LogP contribution in [0.25, 0.3) is 0 Å². The maximum absolute atomic E-state index is 12.4. The molecule has 1 fully saturated rings. The number of amides is 1. The molecule has 8 heteroatoms. The van der Waals surface area contributed by atoms with Gasteiger partial charge in [0.25, 0.3) is 10.0 Å². The van der Waals surface area contributed by atoms with Gasteiger partial charge in [-0.2, -0.15) is 0 Å². The summed E-state index contributed by atoms with van der Waals surface area (Å²) in [6, 6.07) is 14.5. The third-order valence-electron chi connectivity index (χ3n) is 4.90. The number of hydrogen-bond donors (Lipinski definition) is 2. The van der Waals surface area contributed by atoms with Crippen LogP contribution in [0.2, 0.25) is 0 Å². The lowest BCUT2D eigenvalue weighted by Crippen LogP contribution is -2.23. The second-order valence-electron chi connectivity index (χ2n) is 6.84. The third-order valence-corrected chi connectivity index (χ3v) is 6.29. The standard InChI is InChI=1S/C20H22N4O3S/c25-19(22-16-8-2-3-9-17(16)24-13-5-6-14-24)11-12-21-20-15-7-1-4-10-18(15)28(26,27)23-20/h1-4,7-10H,5-6,11-14H2,(H,21,23)(H,22,25). The fourth-order valence-electron chi connectivity index (χ4n) is 3.55. The van der Waals surface area contributed by atoms with Crippen molar-refractivity contribution in [1.29, 1.82) is 0 Å². The van der Waals surface area contributed by atoms with Gasteiger partial charge in [-0.1, -0.05) is 24.3 Å². The van der Waals surface area contributed by atoms with E-state index < -0.39 is 10.0 Å². The summed E-state index contributed by atoms with van der Waals surface area (Å²) in [5, 5.41) is 2.96. The van der Waals surface area contributed by atoms with E-state index in [0.29, 0.717) is 11.4 Å². The zero-order valence-electron chi connectivity index (χ0n) is 15.4. The molecule has 0 atom stereocenters. The van der Waals surface area contributed by atoms with Crippen molar-refractivity contribution in [2.45, 2.75) is 24.2 Å². The Kier molecular flexibility index (Phi) is 5.04. The molecule has 146 valence electrons. The molecule has 2 aliphatic heterocycles. The molecule has 0 radical (unpaired) electrons. The molecule has 0 spiro atoms. The monoisotopic (exact) mass is 398 g/mol. The zero-order chi connectivity index (χ0) is 19.6. The quantitative estimate of drug-likeness (QED) is 0.809. The Morgan fingerprint density at radius 1 is 1.07 bits per heavy atom. The van der Waals surface area contributed by atoms with Crippen molar-refractivity contribution < 1.29 is 13.2 Å². The number of carbonyl (C=O) groups is 1. The molecule has 2 aromatic rings. The number of nitrogens with zero attached hydrogens (tertiary/aromatic N) is 2. The van der Waals surface area contributed by atoms with Gasteiger partial charge in [-0.3, -0.25) is 14.5 Å². The van der Waals surface area contributed by atoms with Gasteiger partial charge in [0.2, 0.25) is 5.91 Å². The van der Waals surface area contributed by atoms with E-state index in [1.54, 1.807) is 24.3 Å². The lowest BCUT2D eigenvalue weighted by atomic mass is 10.2. The van der Waals surface area contributed by atoms with Crippen LogP contribution in [-0.4, -0.2) is 39.8 Å². The number of hydrogen-bond acceptors (Lipinski definition) is 5. The van der Waals surface area contributed by atoms with Gasteiger partial charge in [0.1, 0.15) is 5.84 Å². The second-order valence-corrected chi connectivity index (χ2v) is 8.49. The topological polar surface area (TPSA) is 90.9 Å².